The van der Waals surface area contributed by atoms with Gasteiger partial charge in [-0.05, 0) is 18.2 Å². The minimum atomic E-state index is -0.460. The summed E-state index contributed by atoms with van der Waals surface area (Å²) in [5.74, 6) is -0.460. The number of amides is 2. The number of urea groups is 1. The van der Waals surface area contributed by atoms with E-state index in [2.05, 4.69) is 0 Å². The Morgan fingerprint density at radius 3 is 2.67 bits per heavy atom. The third-order valence-electron chi connectivity index (χ3n) is 2.48. The molecule has 0 saturated carbocycles. The summed E-state index contributed by atoms with van der Waals surface area (Å²) < 4.78 is 13.5. The molecule has 0 bridgehead atoms. The van der Waals surface area contributed by atoms with Crippen LogP contribution in [-0.4, -0.2) is 31.1 Å². The summed E-state index contributed by atoms with van der Waals surface area (Å²) in [7, 11) is 1.69. The summed E-state index contributed by atoms with van der Waals surface area (Å²) in [5, 5.41) is 0. The fourth-order valence-corrected chi connectivity index (χ4v) is 1.61. The van der Waals surface area contributed by atoms with Crippen LogP contribution in [0.1, 0.15) is 0 Å². The number of halogens is 1. The van der Waals surface area contributed by atoms with Crippen LogP contribution in [0.15, 0.2) is 18.2 Å². The molecule has 1 aliphatic heterocycles. The topological polar surface area (TPSA) is 49.6 Å². The quantitative estimate of drug-likeness (QED) is 0.708. The van der Waals surface area contributed by atoms with Crippen LogP contribution in [0.4, 0.5) is 20.6 Å². The second kappa shape index (κ2) is 3.42. The molecule has 0 aliphatic carbocycles. The first-order chi connectivity index (χ1) is 7.09. The van der Waals surface area contributed by atoms with Crippen molar-refractivity contribution >= 4 is 17.4 Å². The molecule has 2 rings (SSSR count). The average Bonchev–Trinajstić information content (AvgIpc) is 2.49. The van der Waals surface area contributed by atoms with Gasteiger partial charge in [0.2, 0.25) is 0 Å². The molecular formula is C10H12FN3O. The van der Waals surface area contributed by atoms with Crippen molar-refractivity contribution in [3.05, 3.63) is 24.0 Å². The first-order valence-corrected chi connectivity index (χ1v) is 4.67. The molecule has 4 nitrogen and oxygen atoms in total. The lowest BCUT2D eigenvalue weighted by atomic mass is 10.2. The number of nitrogen functional groups attached to an aromatic ring is 1. The van der Waals surface area contributed by atoms with E-state index in [9.17, 15) is 9.18 Å². The summed E-state index contributed by atoms with van der Waals surface area (Å²) in [5.41, 5.74) is 6.08. The number of hydrogen-bond acceptors (Lipinski definition) is 2. The summed E-state index contributed by atoms with van der Waals surface area (Å²) in [4.78, 5) is 14.6. The number of carbonyl (C=O) groups excluding carboxylic acids is 1. The van der Waals surface area contributed by atoms with Crippen molar-refractivity contribution < 1.29 is 9.18 Å². The highest BCUT2D eigenvalue weighted by molar-refractivity contribution is 5.94. The summed E-state index contributed by atoms with van der Waals surface area (Å²) in [6.07, 6.45) is 0. The van der Waals surface area contributed by atoms with Crippen molar-refractivity contribution in [2.75, 3.05) is 30.8 Å². The summed E-state index contributed by atoms with van der Waals surface area (Å²) in [6.45, 7) is 1.12. The average molecular weight is 209 g/mol. The Morgan fingerprint density at radius 1 is 1.40 bits per heavy atom. The number of nitrogens with two attached hydrogens (primary N) is 1. The van der Waals surface area contributed by atoms with E-state index in [-0.39, 0.29) is 6.03 Å². The van der Waals surface area contributed by atoms with Crippen LogP contribution in [0.2, 0.25) is 0 Å². The first kappa shape index (κ1) is 9.76. The van der Waals surface area contributed by atoms with Gasteiger partial charge in [-0.2, -0.15) is 0 Å². The van der Waals surface area contributed by atoms with Crippen LogP contribution in [0, 0.1) is 5.82 Å². The zero-order valence-electron chi connectivity index (χ0n) is 8.40. The van der Waals surface area contributed by atoms with Crippen LogP contribution in [-0.2, 0) is 0 Å². The SMILES string of the molecule is CN1CCN(c2ccc(N)cc2F)C1=O. The van der Waals surface area contributed by atoms with E-state index >= 15 is 0 Å². The van der Waals surface area contributed by atoms with Gasteiger partial charge in [0.15, 0.2) is 0 Å². The van der Waals surface area contributed by atoms with Gasteiger partial charge in [-0.25, -0.2) is 9.18 Å². The molecule has 80 valence electrons. The van der Waals surface area contributed by atoms with Crippen molar-refractivity contribution in [2.24, 2.45) is 0 Å². The smallest absolute Gasteiger partial charge is 0.324 e. The molecule has 1 fully saturated rings. The molecule has 1 aromatic rings. The fraction of sp³-hybridized carbons (Fsp3) is 0.300. The second-order valence-corrected chi connectivity index (χ2v) is 3.57. The van der Waals surface area contributed by atoms with E-state index in [1.165, 1.54) is 17.0 Å². The molecular weight excluding hydrogens is 197 g/mol. The Hall–Kier alpha value is -1.78. The van der Waals surface area contributed by atoms with Crippen molar-refractivity contribution in [1.29, 1.82) is 0 Å². The molecule has 5 heteroatoms. The molecule has 0 aromatic heterocycles. The van der Waals surface area contributed by atoms with Gasteiger partial charge in [-0.3, -0.25) is 4.90 Å². The fourth-order valence-electron chi connectivity index (χ4n) is 1.61. The van der Waals surface area contributed by atoms with Gasteiger partial charge in [0.1, 0.15) is 5.82 Å². The molecule has 1 saturated heterocycles. The van der Waals surface area contributed by atoms with E-state index < -0.39 is 5.82 Å². The lowest BCUT2D eigenvalue weighted by Gasteiger charge is -2.16. The number of anilines is 2. The summed E-state index contributed by atoms with van der Waals surface area (Å²) in [6, 6.07) is 4.16. The molecule has 1 aromatic carbocycles. The van der Waals surface area contributed by atoms with Crippen LogP contribution in [0.3, 0.4) is 0 Å². The molecule has 2 amide bonds. The van der Waals surface area contributed by atoms with E-state index in [4.69, 9.17) is 5.73 Å². The highest BCUT2D eigenvalue weighted by atomic mass is 19.1. The first-order valence-electron chi connectivity index (χ1n) is 4.67. The third kappa shape index (κ3) is 1.60. The van der Waals surface area contributed by atoms with Gasteiger partial charge in [0.25, 0.3) is 0 Å². The van der Waals surface area contributed by atoms with Crippen LogP contribution < -0.4 is 10.6 Å². The molecule has 1 aliphatic rings. The zero-order chi connectivity index (χ0) is 11.0. The number of hydrogen-bond donors (Lipinski definition) is 1. The van der Waals surface area contributed by atoms with E-state index in [0.29, 0.717) is 24.5 Å². The van der Waals surface area contributed by atoms with Crippen molar-refractivity contribution in [1.82, 2.24) is 4.90 Å². The second-order valence-electron chi connectivity index (χ2n) is 3.57. The maximum atomic E-state index is 13.5. The Morgan fingerprint density at radius 2 is 2.13 bits per heavy atom. The van der Waals surface area contributed by atoms with E-state index in [0.717, 1.165) is 0 Å². The van der Waals surface area contributed by atoms with Gasteiger partial charge in [0.05, 0.1) is 5.69 Å². The lowest BCUT2D eigenvalue weighted by Crippen LogP contribution is -2.29. The van der Waals surface area contributed by atoms with Crippen molar-refractivity contribution in [3.8, 4) is 0 Å². The molecule has 2 N–H and O–H groups in total. The van der Waals surface area contributed by atoms with E-state index in [1.807, 2.05) is 0 Å². The Kier molecular flexibility index (Phi) is 2.22. The Bertz CT molecular complexity index is 408. The molecule has 0 spiro atoms. The van der Waals surface area contributed by atoms with Gasteiger partial charge >= 0.3 is 6.03 Å². The number of likely N-dealkylation sites (N-methyl/N-ethyl adjacent to an activating group) is 1. The maximum Gasteiger partial charge on any atom is 0.324 e. The molecule has 1 heterocycles. The largest absolute Gasteiger partial charge is 0.399 e. The van der Waals surface area contributed by atoms with Crippen molar-refractivity contribution in [3.63, 3.8) is 0 Å². The van der Waals surface area contributed by atoms with Gasteiger partial charge in [0, 0.05) is 25.8 Å². The highest BCUT2D eigenvalue weighted by Crippen LogP contribution is 2.24. The minimum absolute atomic E-state index is 0.182. The zero-order valence-corrected chi connectivity index (χ0v) is 8.40. The van der Waals surface area contributed by atoms with Crippen LogP contribution in [0.25, 0.3) is 0 Å². The van der Waals surface area contributed by atoms with Gasteiger partial charge in [-0.1, -0.05) is 0 Å². The number of carbonyl (C=O) groups is 1. The lowest BCUT2D eigenvalue weighted by molar-refractivity contribution is 0.229. The molecule has 15 heavy (non-hydrogen) atoms. The normalized spacial score (nSPS) is 16.3. The maximum absolute atomic E-state index is 13.5. The summed E-state index contributed by atoms with van der Waals surface area (Å²) >= 11 is 0. The Balaban J connectivity index is 2.34. The van der Waals surface area contributed by atoms with E-state index in [1.54, 1.807) is 18.0 Å². The number of benzene rings is 1. The van der Waals surface area contributed by atoms with Crippen molar-refractivity contribution in [2.45, 2.75) is 0 Å². The van der Waals surface area contributed by atoms with Gasteiger partial charge in [-0.15, -0.1) is 0 Å². The highest BCUT2D eigenvalue weighted by Gasteiger charge is 2.28. The predicted molar refractivity (Wildman–Crippen MR) is 56.2 cm³/mol. The minimum Gasteiger partial charge on any atom is -0.399 e. The standard InChI is InChI=1S/C10H12FN3O/c1-13-4-5-14(10(13)15)9-3-2-7(12)6-8(9)11/h2-3,6H,4-5,12H2,1H3. The van der Waals surface area contributed by atoms with Gasteiger partial charge < -0.3 is 10.6 Å². The molecule has 0 radical (unpaired) electrons. The number of nitrogens with zero attached hydrogens (tertiary/aromatic N) is 2. The Labute approximate surface area is 87.1 Å². The van der Waals surface area contributed by atoms with Crippen LogP contribution >= 0.6 is 0 Å². The number of rotatable bonds is 1. The van der Waals surface area contributed by atoms with Crippen LogP contribution in [0.5, 0.6) is 0 Å². The molecule has 0 unspecified atom stereocenters. The third-order valence-corrected chi connectivity index (χ3v) is 2.48. The predicted octanol–water partition coefficient (Wildman–Crippen LogP) is 1.28. The molecule has 0 atom stereocenters. The monoisotopic (exact) mass is 209 g/mol.